The maximum atomic E-state index is 11.9. The van der Waals surface area contributed by atoms with Crippen molar-refractivity contribution in [2.75, 3.05) is 39.1 Å². The van der Waals surface area contributed by atoms with Crippen molar-refractivity contribution in [2.24, 2.45) is 0 Å². The highest BCUT2D eigenvalue weighted by Gasteiger charge is 2.37. The molecule has 1 heterocycles. The van der Waals surface area contributed by atoms with Crippen molar-refractivity contribution in [3.63, 3.8) is 0 Å². The Morgan fingerprint density at radius 1 is 1.21 bits per heavy atom. The van der Waals surface area contributed by atoms with Gasteiger partial charge < -0.3 is 15.4 Å². The fraction of sp³-hybridized carbons (Fsp3) is 0.733. The van der Waals surface area contributed by atoms with Crippen LogP contribution in [0.2, 0.25) is 0 Å². The fourth-order valence-corrected chi connectivity index (χ4v) is 2.81. The molecule has 0 aromatic carbocycles. The van der Waals surface area contributed by atoms with Crippen molar-refractivity contribution in [1.29, 1.82) is 0 Å². The van der Waals surface area contributed by atoms with Gasteiger partial charge in [-0.25, -0.2) is 0 Å². The molecule has 4 amide bonds. The Morgan fingerprint density at radius 2 is 1.83 bits per heavy atom. The van der Waals surface area contributed by atoms with Crippen LogP contribution in [0.25, 0.3) is 0 Å². The summed E-state index contributed by atoms with van der Waals surface area (Å²) >= 11 is 1.35. The molecule has 1 rings (SSSR count). The first-order valence-electron chi connectivity index (χ1n) is 7.97. The Morgan fingerprint density at radius 3 is 2.38 bits per heavy atom. The number of nitrogens with zero attached hydrogens (tertiary/aromatic N) is 1. The Balaban J connectivity index is 2.13. The van der Waals surface area contributed by atoms with Crippen LogP contribution in [-0.2, 0) is 23.9 Å². The average Bonchev–Trinajstić information content (AvgIpc) is 2.83. The van der Waals surface area contributed by atoms with Gasteiger partial charge in [-0.2, -0.15) is 11.8 Å². The minimum absolute atomic E-state index is 0.0663. The standard InChI is InChI=1S/C15H25N3O5S/c1-3-23-9-5-13(20)17-7-6-16-12(19)4-8-18-14(21)10-11(24-2)15(18)22/h11H,3-10H2,1-2H3,(H,16,19)(H,17,20). The van der Waals surface area contributed by atoms with Crippen LogP contribution in [0.4, 0.5) is 0 Å². The Hall–Kier alpha value is -1.61. The van der Waals surface area contributed by atoms with E-state index in [2.05, 4.69) is 10.6 Å². The number of rotatable bonds is 11. The Kier molecular flexibility index (Phi) is 9.39. The third-order valence-corrected chi connectivity index (χ3v) is 4.43. The summed E-state index contributed by atoms with van der Waals surface area (Å²) in [6.45, 7) is 3.53. The number of imide groups is 1. The van der Waals surface area contributed by atoms with Crippen LogP contribution in [0, 0.1) is 0 Å². The summed E-state index contributed by atoms with van der Waals surface area (Å²) in [6, 6.07) is 0. The lowest BCUT2D eigenvalue weighted by Gasteiger charge is -2.14. The second-order valence-corrected chi connectivity index (χ2v) is 6.25. The summed E-state index contributed by atoms with van der Waals surface area (Å²) in [6.07, 6.45) is 2.35. The van der Waals surface area contributed by atoms with Gasteiger partial charge in [0.25, 0.3) is 0 Å². The largest absolute Gasteiger partial charge is 0.381 e. The highest BCUT2D eigenvalue weighted by Crippen LogP contribution is 2.22. The summed E-state index contributed by atoms with van der Waals surface area (Å²) in [5, 5.41) is 4.98. The predicted molar refractivity (Wildman–Crippen MR) is 90.4 cm³/mol. The maximum Gasteiger partial charge on any atom is 0.242 e. The molecule has 0 aromatic heterocycles. The zero-order valence-electron chi connectivity index (χ0n) is 14.1. The molecule has 136 valence electrons. The number of likely N-dealkylation sites (tertiary alicyclic amines) is 1. The van der Waals surface area contributed by atoms with Gasteiger partial charge in [0.15, 0.2) is 0 Å². The molecule has 0 aromatic rings. The molecule has 0 spiro atoms. The van der Waals surface area contributed by atoms with Gasteiger partial charge in [0.1, 0.15) is 0 Å². The molecule has 9 heteroatoms. The summed E-state index contributed by atoms with van der Waals surface area (Å²) in [4.78, 5) is 47.9. The molecule has 1 saturated heterocycles. The monoisotopic (exact) mass is 359 g/mol. The van der Waals surface area contributed by atoms with Gasteiger partial charge in [0, 0.05) is 45.5 Å². The molecule has 1 unspecified atom stereocenters. The van der Waals surface area contributed by atoms with Gasteiger partial charge in [-0.15, -0.1) is 0 Å². The van der Waals surface area contributed by atoms with Gasteiger partial charge in [-0.05, 0) is 13.2 Å². The summed E-state index contributed by atoms with van der Waals surface area (Å²) in [7, 11) is 0. The number of hydrogen-bond acceptors (Lipinski definition) is 6. The number of thioether (sulfide) groups is 1. The molecule has 0 saturated carbocycles. The molecule has 1 atom stereocenters. The van der Waals surface area contributed by atoms with E-state index >= 15 is 0 Å². The van der Waals surface area contributed by atoms with Crippen molar-refractivity contribution >= 4 is 35.4 Å². The SMILES string of the molecule is CCOCCC(=O)NCCNC(=O)CCN1C(=O)CC(SC)C1=O. The van der Waals surface area contributed by atoms with E-state index in [1.807, 2.05) is 6.92 Å². The highest BCUT2D eigenvalue weighted by atomic mass is 32.2. The molecular formula is C15H25N3O5S. The zero-order chi connectivity index (χ0) is 17.9. The second kappa shape index (κ2) is 11.0. The molecule has 24 heavy (non-hydrogen) atoms. The minimum atomic E-state index is -0.326. The number of nitrogens with one attached hydrogen (secondary N) is 2. The van der Waals surface area contributed by atoms with Crippen molar-refractivity contribution < 1.29 is 23.9 Å². The van der Waals surface area contributed by atoms with E-state index in [1.54, 1.807) is 6.26 Å². The van der Waals surface area contributed by atoms with E-state index in [4.69, 9.17) is 4.74 Å². The van der Waals surface area contributed by atoms with Crippen molar-refractivity contribution in [1.82, 2.24) is 15.5 Å². The van der Waals surface area contributed by atoms with Crippen LogP contribution in [0.1, 0.15) is 26.2 Å². The Bertz CT molecular complexity index is 472. The van der Waals surface area contributed by atoms with Crippen LogP contribution in [-0.4, -0.2) is 72.9 Å². The predicted octanol–water partition coefficient (Wildman–Crippen LogP) is -0.474. The van der Waals surface area contributed by atoms with Gasteiger partial charge in [-0.1, -0.05) is 0 Å². The lowest BCUT2D eigenvalue weighted by molar-refractivity contribution is -0.138. The summed E-state index contributed by atoms with van der Waals surface area (Å²) in [5.74, 6) is -0.837. The summed E-state index contributed by atoms with van der Waals surface area (Å²) < 4.78 is 5.07. The smallest absolute Gasteiger partial charge is 0.242 e. The third kappa shape index (κ3) is 6.88. The van der Waals surface area contributed by atoms with E-state index in [-0.39, 0.29) is 54.7 Å². The van der Waals surface area contributed by atoms with E-state index in [1.165, 1.54) is 11.8 Å². The van der Waals surface area contributed by atoms with Gasteiger partial charge in [0.2, 0.25) is 23.6 Å². The van der Waals surface area contributed by atoms with Crippen LogP contribution < -0.4 is 10.6 Å². The molecule has 0 radical (unpaired) electrons. The lowest BCUT2D eigenvalue weighted by Crippen LogP contribution is -2.38. The van der Waals surface area contributed by atoms with Crippen LogP contribution in [0.5, 0.6) is 0 Å². The van der Waals surface area contributed by atoms with Crippen molar-refractivity contribution in [3.8, 4) is 0 Å². The molecule has 1 fully saturated rings. The van der Waals surface area contributed by atoms with E-state index in [0.717, 1.165) is 4.90 Å². The highest BCUT2D eigenvalue weighted by molar-refractivity contribution is 8.00. The van der Waals surface area contributed by atoms with Gasteiger partial charge in [-0.3, -0.25) is 24.1 Å². The topological polar surface area (TPSA) is 105 Å². The molecule has 0 bridgehead atoms. The molecular weight excluding hydrogens is 334 g/mol. The fourth-order valence-electron chi connectivity index (χ4n) is 2.18. The number of hydrogen-bond donors (Lipinski definition) is 2. The molecule has 2 N–H and O–H groups in total. The Labute approximate surface area is 146 Å². The molecule has 1 aliphatic rings. The van der Waals surface area contributed by atoms with Crippen LogP contribution >= 0.6 is 11.8 Å². The number of ether oxygens (including phenoxy) is 1. The number of amides is 4. The summed E-state index contributed by atoms with van der Waals surface area (Å²) in [5.41, 5.74) is 0. The van der Waals surface area contributed by atoms with Crippen molar-refractivity contribution in [2.45, 2.75) is 31.4 Å². The first kappa shape index (κ1) is 20.4. The first-order valence-corrected chi connectivity index (χ1v) is 9.26. The van der Waals surface area contributed by atoms with Gasteiger partial charge in [0.05, 0.1) is 11.9 Å². The van der Waals surface area contributed by atoms with E-state index < -0.39 is 0 Å². The van der Waals surface area contributed by atoms with E-state index in [0.29, 0.717) is 26.3 Å². The average molecular weight is 359 g/mol. The van der Waals surface area contributed by atoms with Crippen LogP contribution in [0.15, 0.2) is 0 Å². The lowest BCUT2D eigenvalue weighted by atomic mass is 10.3. The zero-order valence-corrected chi connectivity index (χ0v) is 14.9. The number of carbonyl (C=O) groups excluding carboxylic acids is 4. The van der Waals surface area contributed by atoms with Crippen molar-refractivity contribution in [3.05, 3.63) is 0 Å². The third-order valence-electron chi connectivity index (χ3n) is 3.50. The normalized spacial score (nSPS) is 17.2. The van der Waals surface area contributed by atoms with E-state index in [9.17, 15) is 19.2 Å². The minimum Gasteiger partial charge on any atom is -0.381 e. The first-order chi connectivity index (χ1) is 11.5. The maximum absolute atomic E-state index is 11.9. The van der Waals surface area contributed by atoms with Crippen LogP contribution in [0.3, 0.4) is 0 Å². The second-order valence-electron chi connectivity index (χ2n) is 5.21. The molecule has 0 aliphatic carbocycles. The quantitative estimate of drug-likeness (QED) is 0.382. The molecule has 8 nitrogen and oxygen atoms in total. The number of carbonyl (C=O) groups is 4. The van der Waals surface area contributed by atoms with Gasteiger partial charge >= 0.3 is 0 Å². The molecule has 1 aliphatic heterocycles.